The molecular weight excluding hydrogens is 326 g/mol. The van der Waals surface area contributed by atoms with Crippen LogP contribution in [0.3, 0.4) is 0 Å². The van der Waals surface area contributed by atoms with E-state index in [1.165, 1.54) is 19.1 Å². The maximum Gasteiger partial charge on any atom is 0.299 e. The predicted octanol–water partition coefficient (Wildman–Crippen LogP) is 2.15. The smallest absolute Gasteiger partial charge is 0.299 e. The van der Waals surface area contributed by atoms with Crippen LogP contribution in [0.4, 0.5) is 17.1 Å². The van der Waals surface area contributed by atoms with Crippen LogP contribution < -0.4 is 4.90 Å². The lowest BCUT2D eigenvalue weighted by Crippen LogP contribution is -2.38. The van der Waals surface area contributed by atoms with E-state index in [0.717, 1.165) is 6.07 Å². The van der Waals surface area contributed by atoms with Crippen LogP contribution in [0.5, 0.6) is 0 Å². The highest BCUT2D eigenvalue weighted by Crippen LogP contribution is 2.33. The zero-order valence-corrected chi connectivity index (χ0v) is 13.9. The van der Waals surface area contributed by atoms with E-state index >= 15 is 0 Å². The van der Waals surface area contributed by atoms with Gasteiger partial charge in [-0.05, 0) is 19.9 Å². The molecular formula is C13H19N3O6S. The first-order valence-electron chi connectivity index (χ1n) is 7.02. The molecule has 9 nitrogen and oxygen atoms in total. The van der Waals surface area contributed by atoms with Gasteiger partial charge in [0.15, 0.2) is 9.84 Å². The molecule has 1 rings (SSSR count). The van der Waals surface area contributed by atoms with Crippen molar-refractivity contribution in [1.29, 1.82) is 0 Å². The highest BCUT2D eigenvalue weighted by atomic mass is 32.2. The minimum atomic E-state index is -3.26. The normalized spacial score (nSPS) is 12.7. The first-order valence-corrected chi connectivity index (χ1v) is 8.85. The standard InChI is InChI=1S/C13H19N3O6S/c1-4-14(10(3)9-23(21,22)5-2)12-7-6-11(15(17)18)8-13(12)16(19)20/h6-8,10H,4-5,9H2,1-3H3/t10-/m1/s1. The van der Waals surface area contributed by atoms with E-state index in [1.54, 1.807) is 18.7 Å². The van der Waals surface area contributed by atoms with Gasteiger partial charge in [0.1, 0.15) is 5.69 Å². The van der Waals surface area contributed by atoms with Crippen molar-refractivity contribution in [1.82, 2.24) is 0 Å². The molecule has 0 amide bonds. The molecule has 0 heterocycles. The summed E-state index contributed by atoms with van der Waals surface area (Å²) >= 11 is 0. The lowest BCUT2D eigenvalue weighted by molar-refractivity contribution is -0.393. The van der Waals surface area contributed by atoms with E-state index in [2.05, 4.69) is 0 Å². The molecule has 0 unspecified atom stereocenters. The van der Waals surface area contributed by atoms with E-state index in [1.807, 2.05) is 0 Å². The Morgan fingerprint density at radius 3 is 2.22 bits per heavy atom. The first-order chi connectivity index (χ1) is 10.6. The number of anilines is 1. The molecule has 0 bridgehead atoms. The quantitative estimate of drug-likeness (QED) is 0.522. The van der Waals surface area contributed by atoms with Crippen molar-refractivity contribution in [2.45, 2.75) is 26.8 Å². The number of sulfone groups is 1. The van der Waals surface area contributed by atoms with Gasteiger partial charge < -0.3 is 4.90 Å². The molecule has 0 aliphatic rings. The van der Waals surface area contributed by atoms with Crippen LogP contribution in [0.15, 0.2) is 18.2 Å². The second kappa shape index (κ2) is 7.36. The van der Waals surface area contributed by atoms with E-state index in [9.17, 15) is 28.6 Å². The molecule has 0 aliphatic heterocycles. The van der Waals surface area contributed by atoms with Crippen molar-refractivity contribution in [3.63, 3.8) is 0 Å². The van der Waals surface area contributed by atoms with Gasteiger partial charge in [0, 0.05) is 24.4 Å². The van der Waals surface area contributed by atoms with Crippen molar-refractivity contribution in [2.75, 3.05) is 23.0 Å². The van der Waals surface area contributed by atoms with Gasteiger partial charge in [-0.3, -0.25) is 20.2 Å². The molecule has 1 atom stereocenters. The number of hydrogen-bond acceptors (Lipinski definition) is 7. The van der Waals surface area contributed by atoms with Crippen molar-refractivity contribution < 1.29 is 18.3 Å². The summed E-state index contributed by atoms with van der Waals surface area (Å²) in [6.07, 6.45) is 0. The molecule has 0 saturated carbocycles. The maximum atomic E-state index is 11.8. The minimum absolute atomic E-state index is 0.0166. The number of hydrogen-bond donors (Lipinski definition) is 0. The van der Waals surface area contributed by atoms with E-state index in [0.29, 0.717) is 6.54 Å². The molecule has 0 radical (unpaired) electrons. The van der Waals surface area contributed by atoms with Crippen LogP contribution in [0.1, 0.15) is 20.8 Å². The number of rotatable bonds is 8. The summed E-state index contributed by atoms with van der Waals surface area (Å²) in [5, 5.41) is 22.0. The zero-order valence-electron chi connectivity index (χ0n) is 13.1. The number of nitrogens with zero attached hydrogens (tertiary/aromatic N) is 3. The summed E-state index contributed by atoms with van der Waals surface area (Å²) in [6, 6.07) is 2.85. The molecule has 1 aromatic rings. The third-order valence-electron chi connectivity index (χ3n) is 3.48. The number of non-ortho nitro benzene ring substituents is 1. The van der Waals surface area contributed by atoms with Crippen LogP contribution >= 0.6 is 0 Å². The number of nitro groups is 2. The van der Waals surface area contributed by atoms with E-state index in [-0.39, 0.29) is 22.9 Å². The van der Waals surface area contributed by atoms with Gasteiger partial charge in [0.25, 0.3) is 11.4 Å². The van der Waals surface area contributed by atoms with Crippen molar-refractivity contribution in [3.05, 3.63) is 38.4 Å². The van der Waals surface area contributed by atoms with Gasteiger partial charge in [-0.25, -0.2) is 8.42 Å². The molecule has 0 aliphatic carbocycles. The predicted molar refractivity (Wildman–Crippen MR) is 86.6 cm³/mol. The lowest BCUT2D eigenvalue weighted by Gasteiger charge is -2.29. The molecule has 0 fully saturated rings. The Morgan fingerprint density at radius 1 is 1.17 bits per heavy atom. The van der Waals surface area contributed by atoms with Gasteiger partial charge in [-0.15, -0.1) is 0 Å². The number of nitro benzene ring substituents is 2. The molecule has 23 heavy (non-hydrogen) atoms. The second-order valence-electron chi connectivity index (χ2n) is 5.02. The Balaban J connectivity index is 3.29. The molecule has 0 N–H and O–H groups in total. The second-order valence-corrected chi connectivity index (χ2v) is 7.42. The van der Waals surface area contributed by atoms with Crippen LogP contribution in [-0.2, 0) is 9.84 Å². The van der Waals surface area contributed by atoms with Gasteiger partial charge in [0.2, 0.25) is 0 Å². The Bertz CT molecular complexity index is 704. The van der Waals surface area contributed by atoms with E-state index in [4.69, 9.17) is 0 Å². The SMILES string of the molecule is CCN(c1ccc([N+](=O)[O-])cc1[N+](=O)[O-])[C@H](C)CS(=O)(=O)CC. The van der Waals surface area contributed by atoms with Crippen LogP contribution in [0.25, 0.3) is 0 Å². The molecule has 10 heteroatoms. The summed E-state index contributed by atoms with van der Waals surface area (Å²) in [5.41, 5.74) is -0.631. The Kier molecular flexibility index (Phi) is 6.02. The summed E-state index contributed by atoms with van der Waals surface area (Å²) in [7, 11) is -3.26. The molecule has 128 valence electrons. The van der Waals surface area contributed by atoms with Gasteiger partial charge in [-0.2, -0.15) is 0 Å². The van der Waals surface area contributed by atoms with Crippen molar-refractivity contribution in [2.24, 2.45) is 0 Å². The maximum absolute atomic E-state index is 11.8. The Hall–Kier alpha value is -2.23. The van der Waals surface area contributed by atoms with Crippen LogP contribution in [-0.4, -0.2) is 42.4 Å². The monoisotopic (exact) mass is 345 g/mol. The van der Waals surface area contributed by atoms with Gasteiger partial charge >= 0.3 is 0 Å². The highest BCUT2D eigenvalue weighted by molar-refractivity contribution is 7.91. The third kappa shape index (κ3) is 4.62. The lowest BCUT2D eigenvalue weighted by atomic mass is 10.2. The van der Waals surface area contributed by atoms with Crippen molar-refractivity contribution >= 4 is 26.9 Å². The fourth-order valence-corrected chi connectivity index (χ4v) is 3.46. The van der Waals surface area contributed by atoms with Crippen LogP contribution in [0, 0.1) is 20.2 Å². The molecule has 0 saturated heterocycles. The topological polar surface area (TPSA) is 124 Å². The molecule has 1 aromatic carbocycles. The fourth-order valence-electron chi connectivity index (χ4n) is 2.31. The zero-order chi connectivity index (χ0) is 17.8. The molecule has 0 spiro atoms. The third-order valence-corrected chi connectivity index (χ3v) is 5.35. The summed E-state index contributed by atoms with van der Waals surface area (Å²) in [5.74, 6) is -0.164. The summed E-state index contributed by atoms with van der Waals surface area (Å²) in [4.78, 5) is 22.1. The van der Waals surface area contributed by atoms with E-state index < -0.39 is 31.4 Å². The fraction of sp³-hybridized carbons (Fsp3) is 0.538. The highest BCUT2D eigenvalue weighted by Gasteiger charge is 2.27. The Labute approximate surface area is 134 Å². The summed E-state index contributed by atoms with van der Waals surface area (Å²) in [6.45, 7) is 5.26. The first kappa shape index (κ1) is 18.8. The van der Waals surface area contributed by atoms with Crippen LogP contribution in [0.2, 0.25) is 0 Å². The Morgan fingerprint density at radius 2 is 1.78 bits per heavy atom. The average Bonchev–Trinajstić information content (AvgIpc) is 2.47. The van der Waals surface area contributed by atoms with Gasteiger partial charge in [-0.1, -0.05) is 6.92 Å². The number of benzene rings is 1. The molecule has 0 aromatic heterocycles. The minimum Gasteiger partial charge on any atom is -0.363 e. The van der Waals surface area contributed by atoms with Crippen molar-refractivity contribution in [3.8, 4) is 0 Å². The average molecular weight is 345 g/mol. The summed E-state index contributed by atoms with van der Waals surface area (Å²) < 4.78 is 23.5. The largest absolute Gasteiger partial charge is 0.363 e. The van der Waals surface area contributed by atoms with Gasteiger partial charge in [0.05, 0.1) is 21.7 Å².